The van der Waals surface area contributed by atoms with Crippen LogP contribution in [0.25, 0.3) is 0 Å². The molecular formula is C8H6N2O2. The van der Waals surface area contributed by atoms with E-state index in [1.807, 2.05) is 0 Å². The van der Waals surface area contributed by atoms with E-state index in [1.165, 1.54) is 6.07 Å². The van der Waals surface area contributed by atoms with E-state index in [1.54, 1.807) is 13.0 Å². The van der Waals surface area contributed by atoms with Crippen molar-refractivity contribution < 1.29 is 4.79 Å². The Balaban J connectivity index is 3.58. The lowest BCUT2D eigenvalue weighted by Crippen LogP contribution is -2.13. The number of aldehydes is 1. The van der Waals surface area contributed by atoms with Gasteiger partial charge >= 0.3 is 0 Å². The Morgan fingerprint density at radius 2 is 2.33 bits per heavy atom. The number of hydrogen-bond acceptors (Lipinski definition) is 3. The normalized spacial score (nSPS) is 9.00. The predicted octanol–water partition coefficient (Wildman–Crippen LogP) is 0.367. The maximum atomic E-state index is 11.0. The number of nitriles is 1. The van der Waals surface area contributed by atoms with Crippen LogP contribution in [0.3, 0.4) is 0 Å². The van der Waals surface area contributed by atoms with Gasteiger partial charge in [0, 0.05) is 11.3 Å². The summed E-state index contributed by atoms with van der Waals surface area (Å²) in [5.74, 6) is 0. The highest BCUT2D eigenvalue weighted by Gasteiger charge is 2.05. The second-order valence-corrected chi connectivity index (χ2v) is 2.34. The SMILES string of the molecule is Cc1cc(C=O)c(C#N)c(=O)[nH]1. The molecule has 1 aromatic rings. The van der Waals surface area contributed by atoms with Gasteiger partial charge < -0.3 is 4.98 Å². The number of rotatable bonds is 1. The smallest absolute Gasteiger partial charge is 0.266 e. The Morgan fingerprint density at radius 3 is 2.83 bits per heavy atom. The number of aryl methyl sites for hydroxylation is 1. The number of H-pyrrole nitrogens is 1. The largest absolute Gasteiger partial charge is 0.325 e. The molecule has 60 valence electrons. The highest BCUT2D eigenvalue weighted by atomic mass is 16.1. The van der Waals surface area contributed by atoms with E-state index in [-0.39, 0.29) is 11.1 Å². The summed E-state index contributed by atoms with van der Waals surface area (Å²) < 4.78 is 0. The van der Waals surface area contributed by atoms with Gasteiger partial charge in [0.1, 0.15) is 11.6 Å². The quantitative estimate of drug-likeness (QED) is 0.606. The lowest BCUT2D eigenvalue weighted by atomic mass is 10.1. The summed E-state index contributed by atoms with van der Waals surface area (Å²) in [6.07, 6.45) is 0.501. The standard InChI is InChI=1S/C8H6N2O2/c1-5-2-6(4-11)7(3-9)8(12)10-5/h2,4H,1H3,(H,10,12). The van der Waals surface area contributed by atoms with Crippen LogP contribution in [0.4, 0.5) is 0 Å². The minimum absolute atomic E-state index is 0.129. The fourth-order valence-corrected chi connectivity index (χ4v) is 0.922. The molecule has 4 heteroatoms. The maximum absolute atomic E-state index is 11.0. The second-order valence-electron chi connectivity index (χ2n) is 2.34. The third kappa shape index (κ3) is 1.25. The monoisotopic (exact) mass is 162 g/mol. The number of hydrogen-bond donors (Lipinski definition) is 1. The van der Waals surface area contributed by atoms with E-state index in [2.05, 4.69) is 4.98 Å². The lowest BCUT2D eigenvalue weighted by Gasteiger charge is -1.95. The summed E-state index contributed by atoms with van der Waals surface area (Å²) >= 11 is 0. The highest BCUT2D eigenvalue weighted by Crippen LogP contribution is 1.99. The average Bonchev–Trinajstić information content (AvgIpc) is 2.03. The fourth-order valence-electron chi connectivity index (χ4n) is 0.922. The first-order valence-corrected chi connectivity index (χ1v) is 3.28. The van der Waals surface area contributed by atoms with Crippen LogP contribution in [0, 0.1) is 18.3 Å². The first-order valence-electron chi connectivity index (χ1n) is 3.28. The average molecular weight is 162 g/mol. The molecule has 0 atom stereocenters. The molecule has 0 spiro atoms. The van der Waals surface area contributed by atoms with Crippen molar-refractivity contribution in [3.8, 4) is 6.07 Å². The van der Waals surface area contributed by atoms with Crippen molar-refractivity contribution in [2.75, 3.05) is 0 Å². The zero-order chi connectivity index (χ0) is 9.14. The predicted molar refractivity (Wildman–Crippen MR) is 41.9 cm³/mol. The van der Waals surface area contributed by atoms with Crippen molar-refractivity contribution >= 4 is 6.29 Å². The van der Waals surface area contributed by atoms with Crippen LogP contribution in [-0.2, 0) is 0 Å². The first kappa shape index (κ1) is 8.21. The molecule has 1 rings (SSSR count). The highest BCUT2D eigenvalue weighted by molar-refractivity contribution is 5.78. The molecule has 0 radical (unpaired) electrons. The van der Waals surface area contributed by atoms with Crippen LogP contribution >= 0.6 is 0 Å². The minimum atomic E-state index is -0.514. The summed E-state index contributed by atoms with van der Waals surface area (Å²) in [5.41, 5.74) is 0.0649. The van der Waals surface area contributed by atoms with Gasteiger partial charge in [0.25, 0.3) is 5.56 Å². The van der Waals surface area contributed by atoms with Gasteiger partial charge in [-0.3, -0.25) is 9.59 Å². The van der Waals surface area contributed by atoms with Crippen LogP contribution in [0.2, 0.25) is 0 Å². The third-order valence-corrected chi connectivity index (χ3v) is 1.44. The Kier molecular flexibility index (Phi) is 2.06. The van der Waals surface area contributed by atoms with Crippen molar-refractivity contribution in [1.29, 1.82) is 5.26 Å². The lowest BCUT2D eigenvalue weighted by molar-refractivity contribution is 0.112. The molecule has 0 fully saturated rings. The Labute approximate surface area is 68.5 Å². The van der Waals surface area contributed by atoms with E-state index in [4.69, 9.17) is 5.26 Å². The van der Waals surface area contributed by atoms with Crippen molar-refractivity contribution in [2.45, 2.75) is 6.92 Å². The van der Waals surface area contributed by atoms with Crippen molar-refractivity contribution in [3.05, 3.63) is 33.2 Å². The number of nitrogens with one attached hydrogen (secondary N) is 1. The Morgan fingerprint density at radius 1 is 1.67 bits per heavy atom. The van der Waals surface area contributed by atoms with Gasteiger partial charge in [-0.2, -0.15) is 5.26 Å². The number of aromatic nitrogens is 1. The van der Waals surface area contributed by atoms with E-state index in [9.17, 15) is 9.59 Å². The third-order valence-electron chi connectivity index (χ3n) is 1.44. The molecule has 1 N–H and O–H groups in total. The van der Waals surface area contributed by atoms with Crippen LogP contribution in [-0.4, -0.2) is 11.3 Å². The van der Waals surface area contributed by atoms with Crippen LogP contribution in [0.5, 0.6) is 0 Å². The Bertz CT molecular complexity index is 412. The molecule has 4 nitrogen and oxygen atoms in total. The molecule has 0 saturated heterocycles. The number of nitrogens with zero attached hydrogens (tertiary/aromatic N) is 1. The summed E-state index contributed by atoms with van der Waals surface area (Å²) in [4.78, 5) is 23.8. The molecular weight excluding hydrogens is 156 g/mol. The van der Waals surface area contributed by atoms with Gasteiger partial charge in [-0.05, 0) is 13.0 Å². The van der Waals surface area contributed by atoms with Gasteiger partial charge in [0.2, 0.25) is 0 Å². The number of pyridine rings is 1. The molecule has 0 unspecified atom stereocenters. The van der Waals surface area contributed by atoms with Gasteiger partial charge in [0.05, 0.1) is 0 Å². The van der Waals surface area contributed by atoms with Crippen LogP contribution in [0.15, 0.2) is 10.9 Å². The van der Waals surface area contributed by atoms with E-state index in [0.29, 0.717) is 12.0 Å². The molecule has 12 heavy (non-hydrogen) atoms. The molecule has 0 aliphatic heterocycles. The van der Waals surface area contributed by atoms with Crippen molar-refractivity contribution in [1.82, 2.24) is 4.98 Å². The molecule has 0 aromatic carbocycles. The molecule has 0 aliphatic carbocycles. The summed E-state index contributed by atoms with van der Waals surface area (Å²) in [6, 6.07) is 3.13. The van der Waals surface area contributed by atoms with Gasteiger partial charge in [-0.15, -0.1) is 0 Å². The molecule has 0 amide bonds. The maximum Gasteiger partial charge on any atom is 0.266 e. The zero-order valence-electron chi connectivity index (χ0n) is 6.42. The summed E-state index contributed by atoms with van der Waals surface area (Å²) in [6.45, 7) is 1.65. The van der Waals surface area contributed by atoms with Crippen LogP contribution < -0.4 is 5.56 Å². The van der Waals surface area contributed by atoms with E-state index in [0.717, 1.165) is 0 Å². The first-order chi connectivity index (χ1) is 5.69. The second kappa shape index (κ2) is 3.01. The number of carbonyl (C=O) groups is 1. The van der Waals surface area contributed by atoms with Gasteiger partial charge in [0.15, 0.2) is 6.29 Å². The number of carbonyl (C=O) groups excluding carboxylic acids is 1. The summed E-state index contributed by atoms with van der Waals surface area (Å²) in [5, 5.41) is 8.49. The fraction of sp³-hybridized carbons (Fsp3) is 0.125. The molecule has 1 heterocycles. The molecule has 0 aliphatic rings. The van der Waals surface area contributed by atoms with Crippen LogP contribution in [0.1, 0.15) is 21.6 Å². The molecule has 1 aromatic heterocycles. The Hall–Kier alpha value is -1.89. The molecule has 0 bridgehead atoms. The van der Waals surface area contributed by atoms with E-state index >= 15 is 0 Å². The number of aromatic amines is 1. The van der Waals surface area contributed by atoms with Gasteiger partial charge in [-0.25, -0.2) is 0 Å². The summed E-state index contributed by atoms with van der Waals surface area (Å²) in [7, 11) is 0. The minimum Gasteiger partial charge on any atom is -0.325 e. The van der Waals surface area contributed by atoms with Crippen molar-refractivity contribution in [3.63, 3.8) is 0 Å². The zero-order valence-corrected chi connectivity index (χ0v) is 6.42. The van der Waals surface area contributed by atoms with Crippen molar-refractivity contribution in [2.24, 2.45) is 0 Å². The van der Waals surface area contributed by atoms with Gasteiger partial charge in [-0.1, -0.05) is 0 Å². The topological polar surface area (TPSA) is 73.7 Å². The van der Waals surface area contributed by atoms with E-state index < -0.39 is 5.56 Å². The molecule has 0 saturated carbocycles.